The van der Waals surface area contributed by atoms with Crippen LogP contribution >= 0.6 is 0 Å². The number of ether oxygens (including phenoxy) is 1. The lowest BCUT2D eigenvalue weighted by Gasteiger charge is -2.20. The quantitative estimate of drug-likeness (QED) is 0.865. The molecule has 110 valence electrons. The van der Waals surface area contributed by atoms with E-state index in [-0.39, 0.29) is 18.1 Å². The van der Waals surface area contributed by atoms with Crippen LogP contribution < -0.4 is 10.6 Å². The Morgan fingerprint density at radius 1 is 1.50 bits per heavy atom. The van der Waals surface area contributed by atoms with Crippen molar-refractivity contribution in [1.82, 2.24) is 10.3 Å². The van der Waals surface area contributed by atoms with Crippen LogP contribution in [0, 0.1) is 6.92 Å². The molecule has 5 heteroatoms. The number of aromatic nitrogens is 1. The molecule has 0 aromatic carbocycles. The molecule has 1 aromatic rings. The van der Waals surface area contributed by atoms with Crippen molar-refractivity contribution in [3.63, 3.8) is 0 Å². The smallest absolute Gasteiger partial charge is 0.255 e. The number of carbonyl (C=O) groups excluding carboxylic acids is 1. The first-order valence-electron chi connectivity index (χ1n) is 7.20. The normalized spacial score (nSPS) is 21.8. The summed E-state index contributed by atoms with van der Waals surface area (Å²) in [5.41, 5.74) is 2.33. The molecule has 2 unspecified atom stereocenters. The number of aryl methyl sites for hydroxylation is 1. The molecule has 1 aliphatic carbocycles. The summed E-state index contributed by atoms with van der Waals surface area (Å²) in [5.74, 6) is -0.0811. The van der Waals surface area contributed by atoms with Crippen molar-refractivity contribution in [3.05, 3.63) is 23.5 Å². The number of nitrogens with one attached hydrogen (secondary N) is 2. The molecule has 20 heavy (non-hydrogen) atoms. The maximum atomic E-state index is 12.4. The molecule has 2 rings (SSSR count). The molecule has 0 aliphatic heterocycles. The van der Waals surface area contributed by atoms with E-state index in [0.29, 0.717) is 5.56 Å². The van der Waals surface area contributed by atoms with Gasteiger partial charge in [-0.3, -0.25) is 9.78 Å². The fourth-order valence-electron chi connectivity index (χ4n) is 2.70. The molecule has 1 aliphatic rings. The van der Waals surface area contributed by atoms with Gasteiger partial charge in [-0.05, 0) is 39.2 Å². The Balaban J connectivity index is 2.12. The summed E-state index contributed by atoms with van der Waals surface area (Å²) in [6.07, 6.45) is 4.84. The SMILES string of the molecule is CCNc1cc(C)ncc1C(=O)NC1CCCC1OC. The Morgan fingerprint density at radius 3 is 3.00 bits per heavy atom. The largest absolute Gasteiger partial charge is 0.385 e. The highest BCUT2D eigenvalue weighted by molar-refractivity contribution is 5.99. The Kier molecular flexibility index (Phi) is 4.95. The average Bonchev–Trinajstić information content (AvgIpc) is 2.86. The summed E-state index contributed by atoms with van der Waals surface area (Å²) in [5, 5.41) is 6.29. The average molecular weight is 277 g/mol. The van der Waals surface area contributed by atoms with E-state index in [0.717, 1.165) is 37.2 Å². The number of hydrogen-bond acceptors (Lipinski definition) is 4. The van der Waals surface area contributed by atoms with E-state index >= 15 is 0 Å². The molecule has 2 N–H and O–H groups in total. The van der Waals surface area contributed by atoms with Crippen LogP contribution in [0.25, 0.3) is 0 Å². The second-order valence-corrected chi connectivity index (χ2v) is 5.19. The van der Waals surface area contributed by atoms with Crippen LogP contribution in [0.5, 0.6) is 0 Å². The van der Waals surface area contributed by atoms with Crippen LogP contribution in [0.15, 0.2) is 12.3 Å². The first-order chi connectivity index (χ1) is 9.65. The van der Waals surface area contributed by atoms with Gasteiger partial charge in [0.25, 0.3) is 5.91 Å². The van der Waals surface area contributed by atoms with Crippen molar-refractivity contribution in [2.24, 2.45) is 0 Å². The lowest BCUT2D eigenvalue weighted by atomic mass is 10.1. The number of carbonyl (C=O) groups is 1. The van der Waals surface area contributed by atoms with Gasteiger partial charge in [0.1, 0.15) is 0 Å². The Labute approximate surface area is 120 Å². The standard InChI is InChI=1S/C15H23N3O2/c1-4-16-13-8-10(2)17-9-11(13)15(19)18-12-6-5-7-14(12)20-3/h8-9,12,14H,4-7H2,1-3H3,(H,16,17)(H,18,19). The predicted molar refractivity (Wildman–Crippen MR) is 79.0 cm³/mol. The molecule has 0 saturated heterocycles. The Hall–Kier alpha value is -1.62. The third-order valence-electron chi connectivity index (χ3n) is 3.72. The maximum Gasteiger partial charge on any atom is 0.255 e. The topological polar surface area (TPSA) is 63.2 Å². The van der Waals surface area contributed by atoms with Crippen molar-refractivity contribution in [3.8, 4) is 0 Å². The number of hydrogen-bond donors (Lipinski definition) is 2. The van der Waals surface area contributed by atoms with Crippen molar-refractivity contribution < 1.29 is 9.53 Å². The molecule has 5 nitrogen and oxygen atoms in total. The van der Waals surface area contributed by atoms with Crippen LogP contribution in [0.2, 0.25) is 0 Å². The second-order valence-electron chi connectivity index (χ2n) is 5.19. The highest BCUT2D eigenvalue weighted by Crippen LogP contribution is 2.23. The van der Waals surface area contributed by atoms with Gasteiger partial charge < -0.3 is 15.4 Å². The van der Waals surface area contributed by atoms with E-state index < -0.39 is 0 Å². The van der Waals surface area contributed by atoms with Gasteiger partial charge in [0.2, 0.25) is 0 Å². The summed E-state index contributed by atoms with van der Waals surface area (Å²) in [6.45, 7) is 4.70. The summed E-state index contributed by atoms with van der Waals surface area (Å²) in [7, 11) is 1.70. The van der Waals surface area contributed by atoms with Gasteiger partial charge in [-0.1, -0.05) is 0 Å². The van der Waals surface area contributed by atoms with Gasteiger partial charge in [-0.15, -0.1) is 0 Å². The fraction of sp³-hybridized carbons (Fsp3) is 0.600. The lowest BCUT2D eigenvalue weighted by molar-refractivity contribution is 0.0722. The third-order valence-corrected chi connectivity index (χ3v) is 3.72. The summed E-state index contributed by atoms with van der Waals surface area (Å²) >= 11 is 0. The minimum Gasteiger partial charge on any atom is -0.385 e. The molecule has 1 saturated carbocycles. The van der Waals surface area contributed by atoms with E-state index in [1.165, 1.54) is 0 Å². The maximum absolute atomic E-state index is 12.4. The first-order valence-corrected chi connectivity index (χ1v) is 7.20. The number of rotatable bonds is 5. The Morgan fingerprint density at radius 2 is 2.30 bits per heavy atom. The van der Waals surface area contributed by atoms with E-state index in [4.69, 9.17) is 4.74 Å². The molecule has 0 radical (unpaired) electrons. The summed E-state index contributed by atoms with van der Waals surface area (Å²) in [6, 6.07) is 2.00. The number of anilines is 1. The number of methoxy groups -OCH3 is 1. The van der Waals surface area contributed by atoms with Crippen LogP contribution in [-0.2, 0) is 4.74 Å². The van der Waals surface area contributed by atoms with E-state index in [9.17, 15) is 4.79 Å². The van der Waals surface area contributed by atoms with Gasteiger partial charge in [0, 0.05) is 25.5 Å². The predicted octanol–water partition coefficient (Wildman–Crippen LogP) is 2.12. The van der Waals surface area contributed by atoms with Gasteiger partial charge in [-0.2, -0.15) is 0 Å². The fourth-order valence-corrected chi connectivity index (χ4v) is 2.70. The summed E-state index contributed by atoms with van der Waals surface area (Å²) in [4.78, 5) is 16.6. The molecule has 0 bridgehead atoms. The number of amides is 1. The van der Waals surface area contributed by atoms with E-state index in [1.807, 2.05) is 19.9 Å². The van der Waals surface area contributed by atoms with Crippen molar-refractivity contribution in [2.45, 2.75) is 45.3 Å². The van der Waals surface area contributed by atoms with Crippen molar-refractivity contribution in [1.29, 1.82) is 0 Å². The Bertz CT molecular complexity index is 476. The van der Waals surface area contributed by atoms with Crippen LogP contribution in [-0.4, -0.2) is 36.7 Å². The monoisotopic (exact) mass is 277 g/mol. The molecule has 2 atom stereocenters. The van der Waals surface area contributed by atoms with Gasteiger partial charge in [-0.25, -0.2) is 0 Å². The highest BCUT2D eigenvalue weighted by Gasteiger charge is 2.29. The zero-order valence-electron chi connectivity index (χ0n) is 12.4. The number of pyridine rings is 1. The highest BCUT2D eigenvalue weighted by atomic mass is 16.5. The van der Waals surface area contributed by atoms with Gasteiger partial charge in [0.15, 0.2) is 0 Å². The first kappa shape index (κ1) is 14.8. The molecular formula is C15H23N3O2. The molecular weight excluding hydrogens is 254 g/mol. The van der Waals surface area contributed by atoms with Crippen LogP contribution in [0.4, 0.5) is 5.69 Å². The lowest BCUT2D eigenvalue weighted by Crippen LogP contribution is -2.41. The van der Waals surface area contributed by atoms with Gasteiger partial charge in [0.05, 0.1) is 23.4 Å². The molecule has 1 amide bonds. The van der Waals surface area contributed by atoms with Gasteiger partial charge >= 0.3 is 0 Å². The zero-order chi connectivity index (χ0) is 14.5. The molecule has 1 heterocycles. The second kappa shape index (κ2) is 6.70. The summed E-state index contributed by atoms with van der Waals surface area (Å²) < 4.78 is 5.41. The van der Waals surface area contributed by atoms with Crippen molar-refractivity contribution >= 4 is 11.6 Å². The van der Waals surface area contributed by atoms with E-state index in [1.54, 1.807) is 13.3 Å². The molecule has 0 spiro atoms. The van der Waals surface area contributed by atoms with Crippen LogP contribution in [0.1, 0.15) is 42.2 Å². The number of nitrogens with zero attached hydrogens (tertiary/aromatic N) is 1. The van der Waals surface area contributed by atoms with E-state index in [2.05, 4.69) is 15.6 Å². The minimum atomic E-state index is -0.0811. The minimum absolute atomic E-state index is 0.0811. The molecule has 1 aromatic heterocycles. The zero-order valence-corrected chi connectivity index (χ0v) is 12.4. The molecule has 1 fully saturated rings. The third kappa shape index (κ3) is 3.28. The van der Waals surface area contributed by atoms with Crippen LogP contribution in [0.3, 0.4) is 0 Å². The van der Waals surface area contributed by atoms with Crippen molar-refractivity contribution in [2.75, 3.05) is 19.0 Å².